The molecule has 4 aromatic rings. The molecule has 0 spiro atoms. The van der Waals surface area contributed by atoms with Crippen LogP contribution in [0.2, 0.25) is 0 Å². The van der Waals surface area contributed by atoms with Crippen LogP contribution >= 0.6 is 0 Å². The Balaban J connectivity index is 1.87. The van der Waals surface area contributed by atoms with Gasteiger partial charge in [0.05, 0.1) is 28.2 Å². The lowest BCUT2D eigenvalue weighted by Gasteiger charge is -2.12. The Morgan fingerprint density at radius 1 is 1.03 bits per heavy atom. The zero-order valence-electron chi connectivity index (χ0n) is 16.2. The highest BCUT2D eigenvalue weighted by Gasteiger charge is 2.16. The van der Waals surface area contributed by atoms with Crippen LogP contribution in [0.15, 0.2) is 76.7 Å². The van der Waals surface area contributed by atoms with Gasteiger partial charge in [0.15, 0.2) is 15.5 Å². The fraction of sp³-hybridized carbons (Fsp3) is 0.0952. The molecule has 2 aromatic heterocycles. The fourth-order valence-electron chi connectivity index (χ4n) is 3.09. The molecule has 0 N–H and O–H groups in total. The van der Waals surface area contributed by atoms with Gasteiger partial charge >= 0.3 is 0 Å². The zero-order chi connectivity index (χ0) is 21.5. The van der Waals surface area contributed by atoms with Gasteiger partial charge in [-0.1, -0.05) is 12.1 Å². The monoisotopic (exact) mass is 424 g/mol. The maximum atomic E-state index is 14.0. The largest absolute Gasteiger partial charge is 0.287 e. The average Bonchev–Trinajstić information content (AvgIpc) is 3.19. The summed E-state index contributed by atoms with van der Waals surface area (Å²) in [5.74, 6) is -0.384. The van der Waals surface area contributed by atoms with Crippen LogP contribution in [0.4, 0.5) is 4.39 Å². The van der Waals surface area contributed by atoms with Gasteiger partial charge in [-0.25, -0.2) is 22.2 Å². The van der Waals surface area contributed by atoms with Crippen LogP contribution < -0.4 is 5.43 Å². The molecule has 2 aromatic carbocycles. The first-order valence-electron chi connectivity index (χ1n) is 8.96. The first-order chi connectivity index (χ1) is 14.3. The SMILES string of the molecule is Cc1c(F)cccc1-n1nccc1-c1nn(-c2cccc(S(C)(=O)=O)c2)ccc1=O. The molecule has 0 amide bonds. The van der Waals surface area contributed by atoms with E-state index in [9.17, 15) is 17.6 Å². The molecular weight excluding hydrogens is 407 g/mol. The second-order valence-electron chi connectivity index (χ2n) is 6.75. The van der Waals surface area contributed by atoms with Crippen LogP contribution in [-0.2, 0) is 9.84 Å². The molecule has 4 rings (SSSR count). The van der Waals surface area contributed by atoms with E-state index in [0.29, 0.717) is 22.6 Å². The molecule has 0 saturated carbocycles. The third-order valence-corrected chi connectivity index (χ3v) is 5.78. The van der Waals surface area contributed by atoms with Crippen molar-refractivity contribution in [3.8, 4) is 22.8 Å². The van der Waals surface area contributed by atoms with E-state index in [0.717, 1.165) is 6.26 Å². The molecule has 0 bridgehead atoms. The van der Waals surface area contributed by atoms with Gasteiger partial charge in [-0.2, -0.15) is 10.2 Å². The summed E-state index contributed by atoms with van der Waals surface area (Å²) in [6, 6.07) is 13.8. The van der Waals surface area contributed by atoms with Crippen molar-refractivity contribution in [3.63, 3.8) is 0 Å². The second-order valence-corrected chi connectivity index (χ2v) is 8.77. The molecule has 0 aliphatic rings. The van der Waals surface area contributed by atoms with Gasteiger partial charge < -0.3 is 0 Å². The Labute approximate surface area is 172 Å². The lowest BCUT2D eigenvalue weighted by Crippen LogP contribution is -2.15. The highest BCUT2D eigenvalue weighted by molar-refractivity contribution is 7.90. The molecule has 30 heavy (non-hydrogen) atoms. The van der Waals surface area contributed by atoms with Crippen LogP contribution in [0.5, 0.6) is 0 Å². The maximum absolute atomic E-state index is 14.0. The van der Waals surface area contributed by atoms with E-state index in [-0.39, 0.29) is 21.8 Å². The normalized spacial score (nSPS) is 11.6. The summed E-state index contributed by atoms with van der Waals surface area (Å²) in [6.45, 7) is 1.63. The van der Waals surface area contributed by atoms with Gasteiger partial charge in [0.2, 0.25) is 5.43 Å². The van der Waals surface area contributed by atoms with Crippen molar-refractivity contribution in [2.45, 2.75) is 11.8 Å². The minimum Gasteiger partial charge on any atom is -0.287 e. The molecule has 0 aliphatic heterocycles. The van der Waals surface area contributed by atoms with Crippen LogP contribution in [0, 0.1) is 12.7 Å². The number of hydrogen-bond acceptors (Lipinski definition) is 5. The number of hydrogen-bond donors (Lipinski definition) is 0. The molecule has 0 atom stereocenters. The van der Waals surface area contributed by atoms with Crippen molar-refractivity contribution >= 4 is 9.84 Å². The maximum Gasteiger partial charge on any atom is 0.209 e. The van der Waals surface area contributed by atoms with E-state index < -0.39 is 9.84 Å². The van der Waals surface area contributed by atoms with Crippen molar-refractivity contribution in [2.24, 2.45) is 0 Å². The summed E-state index contributed by atoms with van der Waals surface area (Å²) in [5, 5.41) is 8.64. The van der Waals surface area contributed by atoms with E-state index in [1.165, 1.54) is 46.0 Å². The summed E-state index contributed by atoms with van der Waals surface area (Å²) >= 11 is 0. The Bertz CT molecular complexity index is 1420. The second kappa shape index (κ2) is 7.34. The van der Waals surface area contributed by atoms with Crippen molar-refractivity contribution in [3.05, 3.63) is 88.6 Å². The summed E-state index contributed by atoms with van der Waals surface area (Å²) in [5.41, 5.74) is 1.50. The molecule has 0 saturated heterocycles. The average molecular weight is 424 g/mol. The molecule has 0 unspecified atom stereocenters. The lowest BCUT2D eigenvalue weighted by molar-refractivity contribution is 0.601. The Morgan fingerprint density at radius 3 is 2.57 bits per heavy atom. The predicted molar refractivity (Wildman–Crippen MR) is 110 cm³/mol. The summed E-state index contributed by atoms with van der Waals surface area (Å²) in [4.78, 5) is 12.7. The highest BCUT2D eigenvalue weighted by Crippen LogP contribution is 2.23. The van der Waals surface area contributed by atoms with Crippen LogP contribution in [0.3, 0.4) is 0 Å². The van der Waals surface area contributed by atoms with Gasteiger partial charge in [0.1, 0.15) is 5.82 Å². The summed E-state index contributed by atoms with van der Waals surface area (Å²) in [6.07, 6.45) is 4.08. The standard InChI is InChI=1S/C21H17FN4O3S/c1-14-17(22)7-4-8-18(14)26-19(9-11-23-26)21-20(27)10-12-25(24-21)15-5-3-6-16(13-15)30(2,28)29/h3-13H,1-2H3. The molecule has 9 heteroatoms. The Morgan fingerprint density at radius 2 is 1.80 bits per heavy atom. The molecular formula is C21H17FN4O3S. The molecule has 0 fully saturated rings. The highest BCUT2D eigenvalue weighted by atomic mass is 32.2. The molecule has 2 heterocycles. The number of aromatic nitrogens is 4. The molecule has 7 nitrogen and oxygen atoms in total. The van der Waals surface area contributed by atoms with E-state index in [1.54, 1.807) is 37.3 Å². The zero-order valence-corrected chi connectivity index (χ0v) is 17.0. The van der Waals surface area contributed by atoms with Crippen molar-refractivity contribution in [1.29, 1.82) is 0 Å². The van der Waals surface area contributed by atoms with Gasteiger partial charge in [-0.15, -0.1) is 0 Å². The van der Waals surface area contributed by atoms with Crippen molar-refractivity contribution in [1.82, 2.24) is 19.6 Å². The third kappa shape index (κ3) is 3.55. The fourth-order valence-corrected chi connectivity index (χ4v) is 3.75. The van der Waals surface area contributed by atoms with Crippen LogP contribution in [0.1, 0.15) is 5.56 Å². The lowest BCUT2D eigenvalue weighted by atomic mass is 10.2. The topological polar surface area (TPSA) is 86.8 Å². The minimum atomic E-state index is -3.40. The van der Waals surface area contributed by atoms with E-state index in [4.69, 9.17) is 0 Å². The number of nitrogens with zero attached hydrogens (tertiary/aromatic N) is 4. The number of rotatable bonds is 4. The quantitative estimate of drug-likeness (QED) is 0.503. The number of sulfone groups is 1. The Hall–Kier alpha value is -3.59. The van der Waals surface area contributed by atoms with Gasteiger partial charge in [0.25, 0.3) is 0 Å². The van der Waals surface area contributed by atoms with Gasteiger partial charge in [-0.05, 0) is 43.3 Å². The van der Waals surface area contributed by atoms with E-state index >= 15 is 0 Å². The third-order valence-electron chi connectivity index (χ3n) is 4.67. The molecule has 0 radical (unpaired) electrons. The van der Waals surface area contributed by atoms with Crippen LogP contribution in [0.25, 0.3) is 22.8 Å². The smallest absolute Gasteiger partial charge is 0.209 e. The van der Waals surface area contributed by atoms with Gasteiger partial charge in [-0.3, -0.25) is 4.79 Å². The van der Waals surface area contributed by atoms with Crippen LogP contribution in [-0.4, -0.2) is 34.2 Å². The van der Waals surface area contributed by atoms with E-state index in [1.807, 2.05) is 0 Å². The number of benzene rings is 2. The van der Waals surface area contributed by atoms with Gasteiger partial charge in [0, 0.05) is 24.1 Å². The first-order valence-corrected chi connectivity index (χ1v) is 10.9. The van der Waals surface area contributed by atoms with Crippen molar-refractivity contribution in [2.75, 3.05) is 6.26 Å². The summed E-state index contributed by atoms with van der Waals surface area (Å²) in [7, 11) is -3.40. The Kier molecular flexibility index (Phi) is 4.83. The molecule has 152 valence electrons. The minimum absolute atomic E-state index is 0.100. The van der Waals surface area contributed by atoms with E-state index in [2.05, 4.69) is 10.2 Å². The predicted octanol–water partition coefficient (Wildman–Crippen LogP) is 2.94. The molecule has 0 aliphatic carbocycles. The number of halogens is 1. The first kappa shape index (κ1) is 19.7. The van der Waals surface area contributed by atoms with Crippen molar-refractivity contribution < 1.29 is 12.8 Å². The summed E-state index contributed by atoms with van der Waals surface area (Å²) < 4.78 is 40.6.